The van der Waals surface area contributed by atoms with Crippen LogP contribution in [0.5, 0.6) is 5.75 Å². The Balaban J connectivity index is 2.56. The zero-order chi connectivity index (χ0) is 11.8. The molecule has 0 spiro atoms. The van der Waals surface area contributed by atoms with Crippen molar-refractivity contribution >= 4 is 5.82 Å². The average Bonchev–Trinajstić information content (AvgIpc) is 2.34. The summed E-state index contributed by atoms with van der Waals surface area (Å²) in [5, 5.41) is 20.8. The smallest absolute Gasteiger partial charge is 0.168 e. The Hall–Kier alpha value is -1.33. The standard InChI is InChI=1S/C11H18N2O3/c1-2-6-16-10-4-3-5-12-11(10)13-7-9(15)8-14/h3-5,9,14-15H,2,6-8H2,1H3,(H,12,13). The van der Waals surface area contributed by atoms with Crippen molar-refractivity contribution in [3.05, 3.63) is 18.3 Å². The molecule has 5 nitrogen and oxygen atoms in total. The summed E-state index contributed by atoms with van der Waals surface area (Å²) in [6.45, 7) is 2.63. The van der Waals surface area contributed by atoms with Gasteiger partial charge in [-0.15, -0.1) is 0 Å². The minimum absolute atomic E-state index is 0.246. The van der Waals surface area contributed by atoms with Crippen molar-refractivity contribution in [3.8, 4) is 5.75 Å². The van der Waals surface area contributed by atoms with E-state index in [4.69, 9.17) is 9.84 Å². The highest BCUT2D eigenvalue weighted by atomic mass is 16.5. The topological polar surface area (TPSA) is 74.6 Å². The van der Waals surface area contributed by atoms with Crippen LogP contribution in [0.1, 0.15) is 13.3 Å². The second-order valence-electron chi connectivity index (χ2n) is 3.42. The summed E-state index contributed by atoms with van der Waals surface area (Å²) < 4.78 is 5.48. The van der Waals surface area contributed by atoms with Gasteiger partial charge in [0.1, 0.15) is 0 Å². The van der Waals surface area contributed by atoms with E-state index < -0.39 is 6.10 Å². The van der Waals surface area contributed by atoms with Crippen LogP contribution in [0.25, 0.3) is 0 Å². The molecule has 0 saturated heterocycles. The molecule has 0 bridgehead atoms. The van der Waals surface area contributed by atoms with Crippen LogP contribution in [0.2, 0.25) is 0 Å². The Bertz CT molecular complexity index is 307. The van der Waals surface area contributed by atoms with Gasteiger partial charge in [0.15, 0.2) is 11.6 Å². The third kappa shape index (κ3) is 4.04. The van der Waals surface area contributed by atoms with E-state index in [0.717, 1.165) is 6.42 Å². The lowest BCUT2D eigenvalue weighted by Crippen LogP contribution is -2.23. The number of nitrogens with zero attached hydrogens (tertiary/aromatic N) is 1. The average molecular weight is 226 g/mol. The molecule has 0 radical (unpaired) electrons. The molecule has 0 amide bonds. The highest BCUT2D eigenvalue weighted by Crippen LogP contribution is 2.20. The quantitative estimate of drug-likeness (QED) is 0.636. The van der Waals surface area contributed by atoms with Crippen LogP contribution >= 0.6 is 0 Å². The number of nitrogens with one attached hydrogen (secondary N) is 1. The third-order valence-corrected chi connectivity index (χ3v) is 1.95. The van der Waals surface area contributed by atoms with Crippen molar-refractivity contribution in [3.63, 3.8) is 0 Å². The minimum Gasteiger partial charge on any atom is -0.490 e. The molecule has 1 rings (SSSR count). The number of rotatable bonds is 7. The van der Waals surface area contributed by atoms with Crippen molar-refractivity contribution in [1.29, 1.82) is 0 Å². The van der Waals surface area contributed by atoms with Gasteiger partial charge in [-0.1, -0.05) is 6.92 Å². The second kappa shape index (κ2) is 7.03. The van der Waals surface area contributed by atoms with Crippen molar-refractivity contribution < 1.29 is 14.9 Å². The van der Waals surface area contributed by atoms with E-state index in [0.29, 0.717) is 18.2 Å². The van der Waals surface area contributed by atoms with Gasteiger partial charge in [0.25, 0.3) is 0 Å². The Morgan fingerprint density at radius 1 is 1.56 bits per heavy atom. The monoisotopic (exact) mass is 226 g/mol. The molecule has 1 unspecified atom stereocenters. The van der Waals surface area contributed by atoms with Crippen LogP contribution in [-0.2, 0) is 0 Å². The van der Waals surface area contributed by atoms with E-state index in [9.17, 15) is 5.11 Å². The van der Waals surface area contributed by atoms with Crippen LogP contribution in [-0.4, -0.2) is 41.1 Å². The summed E-state index contributed by atoms with van der Waals surface area (Å²) in [7, 11) is 0. The maximum Gasteiger partial charge on any atom is 0.168 e. The first-order valence-corrected chi connectivity index (χ1v) is 5.38. The zero-order valence-corrected chi connectivity index (χ0v) is 9.39. The molecule has 5 heteroatoms. The number of hydrogen-bond donors (Lipinski definition) is 3. The molecule has 0 aliphatic rings. The van der Waals surface area contributed by atoms with Crippen molar-refractivity contribution in [2.75, 3.05) is 25.1 Å². The van der Waals surface area contributed by atoms with Crippen molar-refractivity contribution in [1.82, 2.24) is 4.98 Å². The maximum absolute atomic E-state index is 9.21. The van der Waals surface area contributed by atoms with E-state index in [-0.39, 0.29) is 13.2 Å². The van der Waals surface area contributed by atoms with Crippen molar-refractivity contribution in [2.24, 2.45) is 0 Å². The maximum atomic E-state index is 9.21. The number of hydrogen-bond acceptors (Lipinski definition) is 5. The number of aliphatic hydroxyl groups excluding tert-OH is 2. The van der Waals surface area contributed by atoms with Gasteiger partial charge in [-0.2, -0.15) is 0 Å². The van der Waals surface area contributed by atoms with Gasteiger partial charge in [-0.25, -0.2) is 4.98 Å². The summed E-state index contributed by atoms with van der Waals surface area (Å²) in [4.78, 5) is 4.11. The van der Waals surface area contributed by atoms with Gasteiger partial charge in [-0.05, 0) is 18.6 Å². The van der Waals surface area contributed by atoms with E-state index in [1.54, 1.807) is 12.3 Å². The summed E-state index contributed by atoms with van der Waals surface area (Å²) >= 11 is 0. The van der Waals surface area contributed by atoms with Gasteiger partial charge in [0, 0.05) is 12.7 Å². The first kappa shape index (κ1) is 12.7. The van der Waals surface area contributed by atoms with Crippen LogP contribution < -0.4 is 10.1 Å². The summed E-state index contributed by atoms with van der Waals surface area (Å²) in [5.74, 6) is 1.25. The minimum atomic E-state index is -0.791. The highest BCUT2D eigenvalue weighted by molar-refractivity contribution is 5.49. The molecule has 1 atom stereocenters. The van der Waals surface area contributed by atoms with Crippen LogP contribution in [0.4, 0.5) is 5.82 Å². The molecule has 0 aromatic carbocycles. The molecular weight excluding hydrogens is 208 g/mol. The van der Waals surface area contributed by atoms with E-state index in [1.165, 1.54) is 0 Å². The molecule has 1 aromatic heterocycles. The van der Waals surface area contributed by atoms with Gasteiger partial charge in [-0.3, -0.25) is 0 Å². The molecule has 16 heavy (non-hydrogen) atoms. The van der Waals surface area contributed by atoms with Gasteiger partial charge >= 0.3 is 0 Å². The van der Waals surface area contributed by atoms with Crippen LogP contribution in [0, 0.1) is 0 Å². The molecule has 0 fully saturated rings. The molecular formula is C11H18N2O3. The lowest BCUT2D eigenvalue weighted by Gasteiger charge is -2.13. The molecule has 3 N–H and O–H groups in total. The fraction of sp³-hybridized carbons (Fsp3) is 0.545. The molecule has 0 aliphatic carbocycles. The van der Waals surface area contributed by atoms with Gasteiger partial charge < -0.3 is 20.3 Å². The lowest BCUT2D eigenvalue weighted by molar-refractivity contribution is 0.105. The molecule has 1 heterocycles. The third-order valence-electron chi connectivity index (χ3n) is 1.95. The fourth-order valence-electron chi connectivity index (χ4n) is 1.13. The lowest BCUT2D eigenvalue weighted by atomic mass is 10.3. The number of anilines is 1. The Morgan fingerprint density at radius 3 is 3.06 bits per heavy atom. The zero-order valence-electron chi connectivity index (χ0n) is 9.39. The number of ether oxygens (including phenoxy) is 1. The fourth-order valence-corrected chi connectivity index (χ4v) is 1.13. The second-order valence-corrected chi connectivity index (χ2v) is 3.42. The summed E-state index contributed by atoms with van der Waals surface area (Å²) in [5.41, 5.74) is 0. The predicted molar refractivity (Wildman–Crippen MR) is 61.6 cm³/mol. The first-order valence-electron chi connectivity index (χ1n) is 5.38. The van der Waals surface area contributed by atoms with Gasteiger partial charge in [0.2, 0.25) is 0 Å². The number of pyridine rings is 1. The van der Waals surface area contributed by atoms with Crippen LogP contribution in [0.15, 0.2) is 18.3 Å². The number of aliphatic hydroxyl groups is 2. The Morgan fingerprint density at radius 2 is 2.38 bits per heavy atom. The molecule has 0 aliphatic heterocycles. The summed E-state index contributed by atoms with van der Waals surface area (Å²) in [6, 6.07) is 3.61. The largest absolute Gasteiger partial charge is 0.490 e. The molecule has 90 valence electrons. The molecule has 1 aromatic rings. The van der Waals surface area contributed by atoms with Gasteiger partial charge in [0.05, 0.1) is 19.3 Å². The normalized spacial score (nSPS) is 12.2. The Kier molecular flexibility index (Phi) is 5.60. The van der Waals surface area contributed by atoms with E-state index >= 15 is 0 Å². The number of aromatic nitrogens is 1. The SMILES string of the molecule is CCCOc1cccnc1NCC(O)CO. The first-order chi connectivity index (χ1) is 7.77. The van der Waals surface area contributed by atoms with E-state index in [2.05, 4.69) is 10.3 Å². The van der Waals surface area contributed by atoms with Crippen molar-refractivity contribution in [2.45, 2.75) is 19.4 Å². The highest BCUT2D eigenvalue weighted by Gasteiger charge is 2.06. The molecule has 0 saturated carbocycles. The van der Waals surface area contributed by atoms with E-state index in [1.807, 2.05) is 13.0 Å². The Labute approximate surface area is 95.1 Å². The summed E-state index contributed by atoms with van der Waals surface area (Å²) in [6.07, 6.45) is 1.78. The predicted octanol–water partition coefficient (Wildman–Crippen LogP) is 0.635. The van der Waals surface area contributed by atoms with Crippen LogP contribution in [0.3, 0.4) is 0 Å².